The summed E-state index contributed by atoms with van der Waals surface area (Å²) in [5.74, 6) is -0.117. The highest BCUT2D eigenvalue weighted by atomic mass is 19.1. The molecular weight excluding hydrogens is 232 g/mol. The molecule has 0 aromatic heterocycles. The zero-order valence-corrected chi connectivity index (χ0v) is 10.9. The second-order valence-corrected chi connectivity index (χ2v) is 5.27. The van der Waals surface area contributed by atoms with Gasteiger partial charge in [0.05, 0.1) is 0 Å². The highest BCUT2D eigenvalue weighted by Gasteiger charge is 2.25. The van der Waals surface area contributed by atoms with Crippen LogP contribution in [0.5, 0.6) is 0 Å². The third-order valence-corrected chi connectivity index (χ3v) is 3.48. The van der Waals surface area contributed by atoms with E-state index in [1.807, 2.05) is 0 Å². The van der Waals surface area contributed by atoms with Crippen LogP contribution in [-0.2, 0) is 6.42 Å². The summed E-state index contributed by atoms with van der Waals surface area (Å²) in [7, 11) is 0. The molecule has 2 rings (SSSR count). The van der Waals surface area contributed by atoms with Gasteiger partial charge in [0.2, 0.25) is 0 Å². The lowest BCUT2D eigenvalue weighted by Crippen LogP contribution is -2.32. The number of hydrogen-bond acceptors (Lipinski definition) is 1. The highest BCUT2D eigenvalue weighted by molar-refractivity contribution is 5.19. The molecule has 0 bridgehead atoms. The van der Waals surface area contributed by atoms with Crippen molar-refractivity contribution in [1.29, 1.82) is 0 Å². The Morgan fingerprint density at radius 1 is 1.33 bits per heavy atom. The van der Waals surface area contributed by atoms with Gasteiger partial charge in [0.15, 0.2) is 0 Å². The lowest BCUT2D eigenvalue weighted by atomic mass is 10.0. The minimum atomic E-state index is -0.503. The fourth-order valence-electron chi connectivity index (χ4n) is 2.30. The Labute approximate surface area is 108 Å². The second kappa shape index (κ2) is 6.28. The average Bonchev–Trinajstić information content (AvgIpc) is 3.13. The fourth-order valence-corrected chi connectivity index (χ4v) is 2.30. The third-order valence-electron chi connectivity index (χ3n) is 3.48. The van der Waals surface area contributed by atoms with Gasteiger partial charge in [-0.3, -0.25) is 0 Å². The van der Waals surface area contributed by atoms with E-state index in [9.17, 15) is 8.78 Å². The van der Waals surface area contributed by atoms with E-state index in [2.05, 4.69) is 12.2 Å². The van der Waals surface area contributed by atoms with Crippen LogP contribution in [-0.4, -0.2) is 12.6 Å². The van der Waals surface area contributed by atoms with Crippen molar-refractivity contribution in [2.45, 2.75) is 45.1 Å². The molecule has 0 heterocycles. The van der Waals surface area contributed by atoms with Crippen LogP contribution in [0.25, 0.3) is 0 Å². The summed E-state index contributed by atoms with van der Waals surface area (Å²) in [6, 6.07) is 4.20. The van der Waals surface area contributed by atoms with Gasteiger partial charge in [-0.1, -0.05) is 25.8 Å². The molecule has 1 aromatic carbocycles. The summed E-state index contributed by atoms with van der Waals surface area (Å²) < 4.78 is 26.5. The van der Waals surface area contributed by atoms with Crippen LogP contribution in [0.3, 0.4) is 0 Å². The predicted octanol–water partition coefficient (Wildman–Crippen LogP) is 3.68. The molecule has 1 aliphatic rings. The Kier molecular flexibility index (Phi) is 4.70. The zero-order valence-electron chi connectivity index (χ0n) is 10.9. The average molecular weight is 253 g/mol. The summed E-state index contributed by atoms with van der Waals surface area (Å²) in [6.07, 6.45) is 5.44. The monoisotopic (exact) mass is 253 g/mol. The molecule has 18 heavy (non-hydrogen) atoms. The van der Waals surface area contributed by atoms with Crippen LogP contribution in [0.4, 0.5) is 8.78 Å². The third kappa shape index (κ3) is 4.05. The molecule has 0 saturated heterocycles. The predicted molar refractivity (Wildman–Crippen MR) is 69.5 cm³/mol. The molecule has 1 nitrogen and oxygen atoms in total. The Hall–Kier alpha value is -0.960. The van der Waals surface area contributed by atoms with Crippen LogP contribution in [0, 0.1) is 17.6 Å². The van der Waals surface area contributed by atoms with E-state index < -0.39 is 11.6 Å². The molecule has 0 amide bonds. The van der Waals surface area contributed by atoms with Crippen molar-refractivity contribution in [2.24, 2.45) is 5.92 Å². The second-order valence-electron chi connectivity index (χ2n) is 5.27. The molecule has 0 aliphatic heterocycles. The first-order valence-electron chi connectivity index (χ1n) is 6.86. The summed E-state index contributed by atoms with van der Waals surface area (Å²) >= 11 is 0. The molecule has 1 atom stereocenters. The van der Waals surface area contributed by atoms with Crippen molar-refractivity contribution in [1.82, 2.24) is 5.32 Å². The molecule has 1 aliphatic carbocycles. The minimum absolute atomic E-state index is 0.317. The normalized spacial score (nSPS) is 16.8. The van der Waals surface area contributed by atoms with Crippen molar-refractivity contribution in [2.75, 3.05) is 6.54 Å². The number of hydrogen-bond donors (Lipinski definition) is 1. The van der Waals surface area contributed by atoms with Gasteiger partial charge in [-0.25, -0.2) is 8.78 Å². The lowest BCUT2D eigenvalue weighted by Gasteiger charge is -2.18. The van der Waals surface area contributed by atoms with Gasteiger partial charge in [0.25, 0.3) is 0 Å². The van der Waals surface area contributed by atoms with E-state index in [1.165, 1.54) is 18.9 Å². The molecule has 1 N–H and O–H groups in total. The van der Waals surface area contributed by atoms with Crippen molar-refractivity contribution in [3.63, 3.8) is 0 Å². The molecule has 1 unspecified atom stereocenters. The van der Waals surface area contributed by atoms with Gasteiger partial charge in [-0.05, 0) is 43.4 Å². The van der Waals surface area contributed by atoms with E-state index >= 15 is 0 Å². The van der Waals surface area contributed by atoms with Gasteiger partial charge in [0, 0.05) is 12.1 Å². The highest BCUT2D eigenvalue weighted by Crippen LogP contribution is 2.34. The fraction of sp³-hybridized carbons (Fsp3) is 0.600. The standard InChI is InChI=1S/C15H21F2N/c1-2-7-18-14(8-11-3-4-11)9-12-5-6-13(16)10-15(12)17/h5-6,10-11,14,18H,2-4,7-9H2,1H3. The van der Waals surface area contributed by atoms with Crippen LogP contribution < -0.4 is 5.32 Å². The lowest BCUT2D eigenvalue weighted by molar-refractivity contribution is 0.446. The molecule has 0 spiro atoms. The Bertz CT molecular complexity index is 388. The molecule has 1 fully saturated rings. The molecule has 0 radical (unpaired) electrons. The topological polar surface area (TPSA) is 12.0 Å². The van der Waals surface area contributed by atoms with Gasteiger partial charge in [-0.15, -0.1) is 0 Å². The first kappa shape index (κ1) is 13.5. The summed E-state index contributed by atoms with van der Waals surface area (Å²) in [6.45, 7) is 3.08. The van der Waals surface area contributed by atoms with Gasteiger partial charge in [-0.2, -0.15) is 0 Å². The smallest absolute Gasteiger partial charge is 0.129 e. The quantitative estimate of drug-likeness (QED) is 0.781. The largest absolute Gasteiger partial charge is 0.314 e. The zero-order chi connectivity index (χ0) is 13.0. The van der Waals surface area contributed by atoms with E-state index in [0.29, 0.717) is 18.0 Å². The number of halogens is 2. The van der Waals surface area contributed by atoms with E-state index in [-0.39, 0.29) is 0 Å². The van der Waals surface area contributed by atoms with Gasteiger partial charge in [0.1, 0.15) is 11.6 Å². The molecule has 1 aromatic rings. The maximum absolute atomic E-state index is 13.6. The van der Waals surface area contributed by atoms with E-state index in [4.69, 9.17) is 0 Å². The number of rotatable bonds is 7. The van der Waals surface area contributed by atoms with E-state index in [0.717, 1.165) is 31.4 Å². The van der Waals surface area contributed by atoms with Gasteiger partial charge < -0.3 is 5.32 Å². The van der Waals surface area contributed by atoms with Gasteiger partial charge >= 0.3 is 0 Å². The SMILES string of the molecule is CCCNC(Cc1ccc(F)cc1F)CC1CC1. The van der Waals surface area contributed by atoms with Crippen LogP contribution in [0.15, 0.2) is 18.2 Å². The molecular formula is C15H21F2N. The minimum Gasteiger partial charge on any atom is -0.314 e. The molecule has 100 valence electrons. The van der Waals surface area contributed by atoms with Crippen molar-refractivity contribution in [3.05, 3.63) is 35.4 Å². The maximum Gasteiger partial charge on any atom is 0.129 e. The van der Waals surface area contributed by atoms with Crippen molar-refractivity contribution >= 4 is 0 Å². The van der Waals surface area contributed by atoms with Crippen LogP contribution >= 0.6 is 0 Å². The maximum atomic E-state index is 13.6. The Morgan fingerprint density at radius 3 is 2.72 bits per heavy atom. The summed E-state index contributed by atoms with van der Waals surface area (Å²) in [4.78, 5) is 0. The summed E-state index contributed by atoms with van der Waals surface area (Å²) in [5, 5.41) is 3.47. The van der Waals surface area contributed by atoms with Crippen LogP contribution in [0.2, 0.25) is 0 Å². The molecule has 3 heteroatoms. The number of benzene rings is 1. The van der Waals surface area contributed by atoms with Crippen molar-refractivity contribution in [3.8, 4) is 0 Å². The molecule has 1 saturated carbocycles. The Morgan fingerprint density at radius 2 is 2.11 bits per heavy atom. The summed E-state index contributed by atoms with van der Waals surface area (Å²) in [5.41, 5.74) is 0.616. The van der Waals surface area contributed by atoms with E-state index in [1.54, 1.807) is 6.07 Å². The number of nitrogens with one attached hydrogen (secondary N) is 1. The Balaban J connectivity index is 1.96. The first-order valence-corrected chi connectivity index (χ1v) is 6.86. The first-order chi connectivity index (χ1) is 8.69. The van der Waals surface area contributed by atoms with Crippen molar-refractivity contribution < 1.29 is 8.78 Å². The van der Waals surface area contributed by atoms with Crippen LogP contribution in [0.1, 0.15) is 38.2 Å².